The molecule has 9 heteroatoms. The zero-order valence-corrected chi connectivity index (χ0v) is 37.8. The van der Waals surface area contributed by atoms with Gasteiger partial charge in [-0.1, -0.05) is 212 Å². The maximum absolute atomic E-state index is 7.92. The van der Waals surface area contributed by atoms with E-state index < -0.39 is 42.3 Å². The minimum atomic E-state index is -3.45. The molecular weight excluding hydrogens is 769 g/mol. The molecule has 2 atom stereocenters. The summed E-state index contributed by atoms with van der Waals surface area (Å²) >= 11 is 0. The smallest absolute Gasteiger partial charge is 0.352 e. The average Bonchev–Trinajstić information content (AvgIpc) is 3.25. The first-order valence-electron chi connectivity index (χ1n) is 19.3. The van der Waals surface area contributed by atoms with Crippen LogP contribution in [0.2, 0.25) is 32.7 Å². The molecular formula is C47H50O4Si5. The van der Waals surface area contributed by atoms with Gasteiger partial charge in [-0.05, 0) is 69.0 Å². The first-order valence-corrected chi connectivity index (χ1v) is 31.0. The summed E-state index contributed by atoms with van der Waals surface area (Å²) in [6.45, 7) is 11.2. The topological polar surface area (TPSA) is 36.9 Å². The lowest BCUT2D eigenvalue weighted by atomic mass is 10.4. The van der Waals surface area contributed by atoms with Crippen molar-refractivity contribution in [2.45, 2.75) is 32.7 Å². The molecule has 282 valence electrons. The normalized spacial score (nSPS) is 15.2. The van der Waals surface area contributed by atoms with Crippen LogP contribution in [0.15, 0.2) is 212 Å². The summed E-state index contributed by atoms with van der Waals surface area (Å²) in [4.78, 5) is 0. The van der Waals surface area contributed by atoms with E-state index in [1.165, 1.54) is 20.7 Å². The van der Waals surface area contributed by atoms with Crippen LogP contribution >= 0.6 is 0 Å². The minimum Gasteiger partial charge on any atom is -0.425 e. The standard InChI is InChI=1S/C47H50O4Si5/c1-52(41-27-13-6-14-28-41,42-29-15-7-16-30-42)48-54(3,45-35-21-10-22-36-45)50-56(5,47-39-25-12-26-40-47)51-55(4,46-37-23-11-24-38-46)49-53(2,43-31-17-8-18-32-43)44-33-19-9-20-34-44/h6-40H,1-5H3. The van der Waals surface area contributed by atoms with Gasteiger partial charge >= 0.3 is 25.7 Å². The molecule has 4 nitrogen and oxygen atoms in total. The maximum atomic E-state index is 7.92. The van der Waals surface area contributed by atoms with Gasteiger partial charge in [-0.2, -0.15) is 0 Å². The lowest BCUT2D eigenvalue weighted by Gasteiger charge is -2.47. The second-order valence-corrected chi connectivity index (χ2v) is 32.0. The lowest BCUT2D eigenvalue weighted by molar-refractivity contribution is 0.316. The molecule has 0 aliphatic rings. The molecule has 7 aromatic rings. The quantitative estimate of drug-likeness (QED) is 0.107. The van der Waals surface area contributed by atoms with Gasteiger partial charge in [-0.25, -0.2) is 0 Å². The van der Waals surface area contributed by atoms with Gasteiger partial charge < -0.3 is 16.5 Å². The molecule has 56 heavy (non-hydrogen) atoms. The van der Waals surface area contributed by atoms with Crippen LogP contribution in [0.4, 0.5) is 0 Å². The van der Waals surface area contributed by atoms with Crippen molar-refractivity contribution < 1.29 is 16.5 Å². The number of hydrogen-bond acceptors (Lipinski definition) is 4. The van der Waals surface area contributed by atoms with E-state index in [-0.39, 0.29) is 0 Å². The van der Waals surface area contributed by atoms with Crippen LogP contribution in [0.3, 0.4) is 0 Å². The molecule has 0 N–H and O–H groups in total. The van der Waals surface area contributed by atoms with Crippen LogP contribution in [0.25, 0.3) is 0 Å². The first kappa shape index (κ1) is 39.7. The summed E-state index contributed by atoms with van der Waals surface area (Å²) in [5, 5.41) is 7.89. The predicted octanol–water partition coefficient (Wildman–Crippen LogP) is 6.77. The van der Waals surface area contributed by atoms with E-state index in [1.54, 1.807) is 0 Å². The Morgan fingerprint density at radius 3 is 0.571 bits per heavy atom. The third-order valence-electron chi connectivity index (χ3n) is 10.8. The zero-order chi connectivity index (χ0) is 39.1. The summed E-state index contributed by atoms with van der Waals surface area (Å²) in [5.74, 6) is 0. The highest BCUT2D eigenvalue weighted by atomic mass is 28.5. The highest BCUT2D eigenvalue weighted by Gasteiger charge is 2.56. The van der Waals surface area contributed by atoms with Crippen LogP contribution in [0.5, 0.6) is 0 Å². The van der Waals surface area contributed by atoms with Gasteiger partial charge in [0.05, 0.1) is 0 Å². The van der Waals surface area contributed by atoms with E-state index in [4.69, 9.17) is 16.5 Å². The molecule has 7 aromatic carbocycles. The summed E-state index contributed by atoms with van der Waals surface area (Å²) in [6.07, 6.45) is 0. The van der Waals surface area contributed by atoms with Crippen LogP contribution in [0.1, 0.15) is 0 Å². The molecule has 0 bridgehead atoms. The lowest BCUT2D eigenvalue weighted by Crippen LogP contribution is -2.75. The number of rotatable bonds is 15. The predicted molar refractivity (Wildman–Crippen MR) is 245 cm³/mol. The summed E-state index contributed by atoms with van der Waals surface area (Å²) in [6, 6.07) is 74.4. The van der Waals surface area contributed by atoms with Crippen molar-refractivity contribution in [3.63, 3.8) is 0 Å². The van der Waals surface area contributed by atoms with E-state index in [0.29, 0.717) is 0 Å². The Labute approximate surface area is 338 Å². The van der Waals surface area contributed by atoms with E-state index in [2.05, 4.69) is 245 Å². The van der Waals surface area contributed by atoms with Gasteiger partial charge in [0.25, 0.3) is 0 Å². The molecule has 2 unspecified atom stereocenters. The third-order valence-corrected chi connectivity index (χ3v) is 33.3. The Morgan fingerprint density at radius 1 is 0.214 bits per heavy atom. The first-order chi connectivity index (χ1) is 27.1. The molecule has 0 radical (unpaired) electrons. The SMILES string of the molecule is C[Si](O[Si](C)(O[Si](C)(c1ccccc1)c1ccccc1)c1ccccc1)(O[Si](C)(O[Si](C)(c1ccccc1)c1ccccc1)c1ccccc1)c1ccccc1. The molecule has 0 fully saturated rings. The molecule has 0 heterocycles. The molecule has 0 aliphatic heterocycles. The van der Waals surface area contributed by atoms with Crippen LogP contribution in [-0.4, -0.2) is 42.3 Å². The summed E-state index contributed by atoms with van der Waals surface area (Å²) in [5.41, 5.74) is 0. The Morgan fingerprint density at radius 2 is 0.375 bits per heavy atom. The van der Waals surface area contributed by atoms with E-state index >= 15 is 0 Å². The van der Waals surface area contributed by atoms with E-state index in [1.807, 2.05) is 0 Å². The molecule has 0 saturated heterocycles. The van der Waals surface area contributed by atoms with Gasteiger partial charge in [-0.15, -0.1) is 0 Å². The number of benzene rings is 7. The fourth-order valence-corrected chi connectivity index (χ4v) is 32.6. The second-order valence-electron chi connectivity index (χ2n) is 14.9. The maximum Gasteiger partial charge on any atom is 0.352 e. The fourth-order valence-electron chi connectivity index (χ4n) is 7.75. The van der Waals surface area contributed by atoms with Crippen LogP contribution in [-0.2, 0) is 16.5 Å². The highest BCUT2D eigenvalue weighted by Crippen LogP contribution is 2.28. The van der Waals surface area contributed by atoms with Crippen molar-refractivity contribution in [1.82, 2.24) is 0 Å². The fraction of sp³-hybridized carbons (Fsp3) is 0.106. The summed E-state index contributed by atoms with van der Waals surface area (Å²) in [7, 11) is -15.9. The Hall–Kier alpha value is -4.54. The van der Waals surface area contributed by atoms with Crippen molar-refractivity contribution >= 4 is 78.6 Å². The monoisotopic (exact) mass is 818 g/mol. The van der Waals surface area contributed by atoms with Crippen molar-refractivity contribution in [3.8, 4) is 0 Å². The Kier molecular flexibility index (Phi) is 12.0. The molecule has 7 rings (SSSR count). The van der Waals surface area contributed by atoms with Gasteiger partial charge in [0, 0.05) is 0 Å². The number of hydrogen-bond donors (Lipinski definition) is 0. The van der Waals surface area contributed by atoms with Gasteiger partial charge in [0.15, 0.2) is 0 Å². The van der Waals surface area contributed by atoms with Crippen molar-refractivity contribution in [1.29, 1.82) is 0 Å². The Bertz CT molecular complexity index is 2050. The summed E-state index contributed by atoms with van der Waals surface area (Å²) < 4.78 is 31.5. The average molecular weight is 819 g/mol. The van der Waals surface area contributed by atoms with Crippen molar-refractivity contribution in [2.24, 2.45) is 0 Å². The van der Waals surface area contributed by atoms with Gasteiger partial charge in [-0.3, -0.25) is 0 Å². The van der Waals surface area contributed by atoms with E-state index in [0.717, 1.165) is 15.6 Å². The molecule has 0 saturated carbocycles. The van der Waals surface area contributed by atoms with E-state index in [9.17, 15) is 0 Å². The van der Waals surface area contributed by atoms with Crippen molar-refractivity contribution in [3.05, 3.63) is 212 Å². The van der Waals surface area contributed by atoms with Gasteiger partial charge in [0.2, 0.25) is 16.6 Å². The minimum absolute atomic E-state index is 1.03. The van der Waals surface area contributed by atoms with Crippen LogP contribution in [0, 0.1) is 0 Å². The molecule has 0 amide bonds. The molecule has 0 aliphatic carbocycles. The molecule has 0 spiro atoms. The zero-order valence-electron chi connectivity index (χ0n) is 32.8. The third kappa shape index (κ3) is 8.42. The largest absolute Gasteiger partial charge is 0.425 e. The van der Waals surface area contributed by atoms with Crippen LogP contribution < -0.4 is 36.3 Å². The Balaban J connectivity index is 1.40. The highest BCUT2D eigenvalue weighted by molar-refractivity contribution is 7.07. The van der Waals surface area contributed by atoms with Crippen molar-refractivity contribution in [2.75, 3.05) is 0 Å². The van der Waals surface area contributed by atoms with Gasteiger partial charge in [0.1, 0.15) is 0 Å². The molecule has 0 aromatic heterocycles. The second kappa shape index (κ2) is 16.9.